The average molecular weight is 345 g/mol. The number of fused-ring (bicyclic) bond motifs is 1. The number of aryl methyl sites for hydroxylation is 1. The zero-order valence-electron chi connectivity index (χ0n) is 14.4. The first-order valence-electron chi connectivity index (χ1n) is 8.79. The van der Waals surface area contributed by atoms with Crippen molar-refractivity contribution in [2.24, 2.45) is 7.05 Å². The molecule has 7 nitrogen and oxygen atoms in total. The molecule has 0 saturated carbocycles. The highest BCUT2D eigenvalue weighted by Crippen LogP contribution is 2.26. The summed E-state index contributed by atoms with van der Waals surface area (Å²) in [6, 6.07) is 5.00. The highest BCUT2D eigenvalue weighted by atomic mass is 16.4. The quantitative estimate of drug-likeness (QED) is 0.890. The maximum atomic E-state index is 12.8. The average Bonchev–Trinajstić information content (AvgIpc) is 3.29. The Kier molecular flexibility index (Phi) is 3.92. The van der Waals surface area contributed by atoms with Crippen LogP contribution in [0.15, 0.2) is 27.4 Å². The van der Waals surface area contributed by atoms with Crippen LogP contribution in [-0.2, 0) is 7.05 Å². The van der Waals surface area contributed by atoms with Crippen molar-refractivity contribution >= 4 is 17.0 Å². The summed E-state index contributed by atoms with van der Waals surface area (Å²) in [7, 11) is 1.62. The Morgan fingerprint density at radius 2 is 2.04 bits per heavy atom. The number of benzene rings is 1. The van der Waals surface area contributed by atoms with E-state index in [1.807, 2.05) is 0 Å². The predicted molar refractivity (Wildman–Crippen MR) is 92.6 cm³/mol. The minimum Gasteiger partial charge on any atom is -0.408 e. The molecule has 0 spiro atoms. The minimum atomic E-state index is -0.827. The van der Waals surface area contributed by atoms with E-state index < -0.39 is 11.4 Å². The molecule has 1 aromatic heterocycles. The molecule has 0 aliphatic carbocycles. The number of rotatable bonds is 3. The monoisotopic (exact) mass is 345 g/mol. The Balaban J connectivity index is 1.51. The van der Waals surface area contributed by atoms with Crippen molar-refractivity contribution in [2.75, 3.05) is 32.7 Å². The van der Waals surface area contributed by atoms with Crippen molar-refractivity contribution in [2.45, 2.75) is 24.9 Å². The van der Waals surface area contributed by atoms with E-state index in [9.17, 15) is 14.7 Å². The van der Waals surface area contributed by atoms with Crippen molar-refractivity contribution in [1.82, 2.24) is 14.4 Å². The molecule has 1 aromatic carbocycles. The van der Waals surface area contributed by atoms with Gasteiger partial charge in [0.25, 0.3) is 5.91 Å². The van der Waals surface area contributed by atoms with Crippen LogP contribution in [0.25, 0.3) is 11.1 Å². The topological polar surface area (TPSA) is 78.9 Å². The molecule has 2 fully saturated rings. The number of nitrogens with zero attached hydrogens (tertiary/aromatic N) is 3. The molecule has 1 atom stereocenters. The van der Waals surface area contributed by atoms with Gasteiger partial charge in [-0.05, 0) is 50.6 Å². The van der Waals surface area contributed by atoms with Gasteiger partial charge in [0, 0.05) is 25.7 Å². The molecule has 134 valence electrons. The number of hydrogen-bond acceptors (Lipinski definition) is 5. The van der Waals surface area contributed by atoms with Gasteiger partial charge >= 0.3 is 5.76 Å². The number of aliphatic hydroxyl groups is 1. The molecule has 0 bridgehead atoms. The number of aromatic nitrogens is 1. The molecule has 1 unspecified atom stereocenters. The standard InChI is InChI=1S/C18H23N3O4/c1-19-14-10-13(4-5-15(14)25-17(19)23)16(22)21-9-6-18(24,12-21)11-20-7-2-3-8-20/h4-5,10,24H,2-3,6-9,11-12H2,1H3. The number of amides is 1. The van der Waals surface area contributed by atoms with Gasteiger partial charge in [-0.1, -0.05) is 0 Å². The van der Waals surface area contributed by atoms with E-state index in [1.165, 1.54) is 17.4 Å². The minimum absolute atomic E-state index is 0.118. The molecule has 2 saturated heterocycles. The molecular weight excluding hydrogens is 322 g/mol. The number of oxazole rings is 1. The SMILES string of the molecule is Cn1c(=O)oc2ccc(C(=O)N3CCC(O)(CN4CCCC4)C3)cc21. The molecule has 4 rings (SSSR count). The van der Waals surface area contributed by atoms with Gasteiger partial charge in [-0.2, -0.15) is 0 Å². The second-order valence-corrected chi connectivity index (χ2v) is 7.29. The molecule has 1 amide bonds. The Labute approximate surface area is 145 Å². The molecule has 1 N–H and O–H groups in total. The summed E-state index contributed by atoms with van der Waals surface area (Å²) >= 11 is 0. The first kappa shape index (κ1) is 16.4. The Morgan fingerprint density at radius 1 is 1.28 bits per heavy atom. The first-order chi connectivity index (χ1) is 12.0. The molecule has 2 aromatic rings. The van der Waals surface area contributed by atoms with E-state index in [-0.39, 0.29) is 5.91 Å². The molecule has 7 heteroatoms. The molecule has 2 aliphatic heterocycles. The normalized spacial score (nSPS) is 24.5. The number of hydrogen-bond donors (Lipinski definition) is 1. The lowest BCUT2D eigenvalue weighted by Crippen LogP contribution is -2.45. The van der Waals surface area contributed by atoms with E-state index in [1.54, 1.807) is 30.1 Å². The summed E-state index contributed by atoms with van der Waals surface area (Å²) in [5, 5.41) is 10.8. The van der Waals surface area contributed by atoms with Crippen LogP contribution in [-0.4, -0.2) is 63.7 Å². The Morgan fingerprint density at radius 3 is 2.80 bits per heavy atom. The van der Waals surface area contributed by atoms with Crippen LogP contribution >= 0.6 is 0 Å². The summed E-state index contributed by atoms with van der Waals surface area (Å²) < 4.78 is 6.49. The maximum absolute atomic E-state index is 12.8. The van der Waals surface area contributed by atoms with Crippen LogP contribution < -0.4 is 5.76 Å². The van der Waals surface area contributed by atoms with Crippen LogP contribution in [0, 0.1) is 0 Å². The number of carbonyl (C=O) groups excluding carboxylic acids is 1. The number of β-amino-alcohol motifs (C(OH)–C–C–N with tert-alkyl or cyclic N) is 1. The van der Waals surface area contributed by atoms with Crippen molar-refractivity contribution < 1.29 is 14.3 Å². The van der Waals surface area contributed by atoms with Crippen LogP contribution in [0.4, 0.5) is 0 Å². The summed E-state index contributed by atoms with van der Waals surface area (Å²) in [4.78, 5) is 28.4. The number of likely N-dealkylation sites (tertiary alicyclic amines) is 2. The third-order valence-corrected chi connectivity index (χ3v) is 5.37. The second kappa shape index (κ2) is 6.00. The van der Waals surface area contributed by atoms with Crippen LogP contribution in [0.1, 0.15) is 29.6 Å². The fourth-order valence-corrected chi connectivity index (χ4v) is 3.96. The third kappa shape index (κ3) is 2.98. The van der Waals surface area contributed by atoms with E-state index in [4.69, 9.17) is 4.42 Å². The summed E-state index contributed by atoms with van der Waals surface area (Å²) in [6.07, 6.45) is 2.96. The van der Waals surface area contributed by atoms with E-state index in [0.29, 0.717) is 42.7 Å². The van der Waals surface area contributed by atoms with Gasteiger partial charge in [-0.25, -0.2) is 4.79 Å². The highest BCUT2D eigenvalue weighted by molar-refractivity contribution is 5.97. The maximum Gasteiger partial charge on any atom is 0.419 e. The van der Waals surface area contributed by atoms with E-state index >= 15 is 0 Å². The third-order valence-electron chi connectivity index (χ3n) is 5.37. The summed E-state index contributed by atoms with van der Waals surface area (Å²) in [5.41, 5.74) is 0.750. The Hall–Kier alpha value is -2.12. The largest absolute Gasteiger partial charge is 0.419 e. The zero-order chi connectivity index (χ0) is 17.6. The smallest absolute Gasteiger partial charge is 0.408 e. The lowest BCUT2D eigenvalue weighted by molar-refractivity contribution is 0.0175. The summed E-state index contributed by atoms with van der Waals surface area (Å²) in [5.74, 6) is -0.561. The first-order valence-corrected chi connectivity index (χ1v) is 8.79. The van der Waals surface area contributed by atoms with E-state index in [2.05, 4.69) is 4.90 Å². The van der Waals surface area contributed by atoms with Crippen LogP contribution in [0.2, 0.25) is 0 Å². The van der Waals surface area contributed by atoms with Gasteiger partial charge in [-0.15, -0.1) is 0 Å². The predicted octanol–water partition coefficient (Wildman–Crippen LogP) is 0.804. The van der Waals surface area contributed by atoms with Gasteiger partial charge in [0.2, 0.25) is 0 Å². The number of carbonyl (C=O) groups is 1. The van der Waals surface area contributed by atoms with Crippen molar-refractivity contribution in [3.05, 3.63) is 34.3 Å². The van der Waals surface area contributed by atoms with Gasteiger partial charge in [0.05, 0.1) is 17.7 Å². The molecule has 25 heavy (non-hydrogen) atoms. The second-order valence-electron chi connectivity index (χ2n) is 7.29. The van der Waals surface area contributed by atoms with Crippen molar-refractivity contribution in [3.63, 3.8) is 0 Å². The molecule has 3 heterocycles. The van der Waals surface area contributed by atoms with E-state index in [0.717, 1.165) is 13.1 Å². The van der Waals surface area contributed by atoms with Gasteiger partial charge in [-0.3, -0.25) is 9.36 Å². The van der Waals surface area contributed by atoms with Crippen molar-refractivity contribution in [1.29, 1.82) is 0 Å². The molecule has 0 radical (unpaired) electrons. The zero-order valence-corrected chi connectivity index (χ0v) is 14.4. The van der Waals surface area contributed by atoms with Gasteiger partial charge in [0.1, 0.15) is 0 Å². The van der Waals surface area contributed by atoms with Crippen LogP contribution in [0.3, 0.4) is 0 Å². The van der Waals surface area contributed by atoms with Gasteiger partial charge < -0.3 is 19.3 Å². The van der Waals surface area contributed by atoms with Gasteiger partial charge in [0.15, 0.2) is 5.58 Å². The highest BCUT2D eigenvalue weighted by Gasteiger charge is 2.40. The fourth-order valence-electron chi connectivity index (χ4n) is 3.96. The van der Waals surface area contributed by atoms with Crippen LogP contribution in [0.5, 0.6) is 0 Å². The lowest BCUT2D eigenvalue weighted by atomic mass is 10.0. The fraction of sp³-hybridized carbons (Fsp3) is 0.556. The lowest BCUT2D eigenvalue weighted by Gasteiger charge is -2.28. The van der Waals surface area contributed by atoms with Crippen molar-refractivity contribution in [3.8, 4) is 0 Å². The molecular formula is C18H23N3O4. The Bertz CT molecular complexity index is 865. The molecule has 2 aliphatic rings. The summed E-state index contributed by atoms with van der Waals surface area (Å²) in [6.45, 7) is 3.59.